The van der Waals surface area contributed by atoms with Crippen LogP contribution in [0.15, 0.2) is 91.0 Å². The highest BCUT2D eigenvalue weighted by atomic mass is 16.2. The van der Waals surface area contributed by atoms with Crippen LogP contribution in [0.4, 0.5) is 11.5 Å². The fraction of sp³-hybridized carbons (Fsp3) is 0.0800. The van der Waals surface area contributed by atoms with Crippen molar-refractivity contribution in [1.82, 2.24) is 4.98 Å². The number of anilines is 2. The standard InChI is InChI=1S/C25H22N4O2/c26-16-18-7-6-9-20(15-18)25(31)29(21-10-2-1-3-11-21)17-24(30)28-23-14-13-19-8-4-5-12-22(19)27-23/h1-15H,16-17,26H2,(H,27,28,30). The normalized spacial score (nSPS) is 10.6. The summed E-state index contributed by atoms with van der Waals surface area (Å²) < 4.78 is 0. The summed E-state index contributed by atoms with van der Waals surface area (Å²) in [5, 5.41) is 3.79. The maximum atomic E-state index is 13.3. The second-order valence-corrected chi connectivity index (χ2v) is 7.07. The van der Waals surface area contributed by atoms with E-state index >= 15 is 0 Å². The summed E-state index contributed by atoms with van der Waals surface area (Å²) in [7, 11) is 0. The van der Waals surface area contributed by atoms with Crippen LogP contribution in [0.5, 0.6) is 0 Å². The van der Waals surface area contributed by atoms with E-state index in [-0.39, 0.29) is 18.4 Å². The predicted molar refractivity (Wildman–Crippen MR) is 123 cm³/mol. The van der Waals surface area contributed by atoms with E-state index in [1.165, 1.54) is 4.90 Å². The van der Waals surface area contributed by atoms with Gasteiger partial charge in [-0.05, 0) is 48.0 Å². The van der Waals surface area contributed by atoms with E-state index in [2.05, 4.69) is 10.3 Å². The summed E-state index contributed by atoms with van der Waals surface area (Å²) in [5.41, 5.74) is 8.46. The van der Waals surface area contributed by atoms with Crippen LogP contribution in [0.3, 0.4) is 0 Å². The fourth-order valence-corrected chi connectivity index (χ4v) is 3.34. The molecule has 0 aliphatic rings. The van der Waals surface area contributed by atoms with Gasteiger partial charge in [-0.2, -0.15) is 0 Å². The molecule has 6 heteroatoms. The molecular weight excluding hydrogens is 388 g/mol. The molecule has 3 N–H and O–H groups in total. The van der Waals surface area contributed by atoms with Crippen molar-refractivity contribution in [2.45, 2.75) is 6.54 Å². The molecule has 0 saturated carbocycles. The summed E-state index contributed by atoms with van der Waals surface area (Å²) in [4.78, 5) is 32.0. The van der Waals surface area contributed by atoms with Crippen LogP contribution in [-0.2, 0) is 11.3 Å². The van der Waals surface area contributed by atoms with Crippen LogP contribution in [0.2, 0.25) is 0 Å². The number of rotatable bonds is 6. The van der Waals surface area contributed by atoms with E-state index in [0.717, 1.165) is 16.5 Å². The molecule has 4 aromatic rings. The van der Waals surface area contributed by atoms with Gasteiger partial charge in [-0.15, -0.1) is 0 Å². The molecule has 0 aliphatic heterocycles. The Morgan fingerprint density at radius 2 is 1.65 bits per heavy atom. The quantitative estimate of drug-likeness (QED) is 0.503. The number of aromatic nitrogens is 1. The number of benzene rings is 3. The molecule has 3 aromatic carbocycles. The van der Waals surface area contributed by atoms with Gasteiger partial charge < -0.3 is 11.1 Å². The number of hydrogen-bond acceptors (Lipinski definition) is 4. The van der Waals surface area contributed by atoms with Crippen molar-refractivity contribution >= 4 is 34.2 Å². The van der Waals surface area contributed by atoms with Crippen molar-refractivity contribution in [1.29, 1.82) is 0 Å². The molecular formula is C25H22N4O2. The number of pyridine rings is 1. The van der Waals surface area contributed by atoms with Gasteiger partial charge in [0.25, 0.3) is 5.91 Å². The zero-order valence-corrected chi connectivity index (χ0v) is 16.9. The highest BCUT2D eigenvalue weighted by Gasteiger charge is 2.21. The summed E-state index contributed by atoms with van der Waals surface area (Å²) in [6, 6.07) is 27.6. The van der Waals surface area contributed by atoms with Gasteiger partial charge in [-0.25, -0.2) is 4.98 Å². The molecule has 6 nitrogen and oxygen atoms in total. The Balaban J connectivity index is 1.58. The minimum Gasteiger partial charge on any atom is -0.326 e. The van der Waals surface area contributed by atoms with Gasteiger partial charge in [0, 0.05) is 23.2 Å². The van der Waals surface area contributed by atoms with Gasteiger partial charge in [-0.1, -0.05) is 48.5 Å². The molecule has 0 radical (unpaired) electrons. The van der Waals surface area contributed by atoms with Gasteiger partial charge in [-0.3, -0.25) is 14.5 Å². The molecule has 1 heterocycles. The fourth-order valence-electron chi connectivity index (χ4n) is 3.34. The Kier molecular flexibility index (Phi) is 6.01. The molecule has 0 fully saturated rings. The van der Waals surface area contributed by atoms with E-state index in [9.17, 15) is 9.59 Å². The van der Waals surface area contributed by atoms with E-state index in [4.69, 9.17) is 5.73 Å². The second kappa shape index (κ2) is 9.19. The van der Waals surface area contributed by atoms with Crippen LogP contribution < -0.4 is 16.0 Å². The Morgan fingerprint density at radius 1 is 0.871 bits per heavy atom. The molecule has 0 saturated heterocycles. The van der Waals surface area contributed by atoms with Gasteiger partial charge in [0.1, 0.15) is 12.4 Å². The molecule has 0 bridgehead atoms. The lowest BCUT2D eigenvalue weighted by Crippen LogP contribution is -2.38. The van der Waals surface area contributed by atoms with E-state index in [1.54, 1.807) is 36.4 Å². The van der Waals surface area contributed by atoms with Crippen molar-refractivity contribution in [3.8, 4) is 0 Å². The van der Waals surface area contributed by atoms with E-state index < -0.39 is 0 Å². The Hall–Kier alpha value is -4.03. The van der Waals surface area contributed by atoms with Crippen LogP contribution >= 0.6 is 0 Å². The lowest BCUT2D eigenvalue weighted by molar-refractivity contribution is -0.114. The molecule has 1 aromatic heterocycles. The molecule has 2 amide bonds. The first-order chi connectivity index (χ1) is 15.1. The summed E-state index contributed by atoms with van der Waals surface area (Å²) in [6.07, 6.45) is 0. The Labute approximate surface area is 180 Å². The van der Waals surface area contributed by atoms with Crippen molar-refractivity contribution in [2.24, 2.45) is 5.73 Å². The van der Waals surface area contributed by atoms with Gasteiger partial charge in [0.05, 0.1) is 5.52 Å². The summed E-state index contributed by atoms with van der Waals surface area (Å²) in [6.45, 7) is 0.185. The van der Waals surface area contributed by atoms with Crippen LogP contribution in [0.25, 0.3) is 10.9 Å². The second-order valence-electron chi connectivity index (χ2n) is 7.07. The molecule has 0 atom stereocenters. The van der Waals surface area contributed by atoms with Gasteiger partial charge >= 0.3 is 0 Å². The van der Waals surface area contributed by atoms with Crippen molar-refractivity contribution in [2.75, 3.05) is 16.8 Å². The minimum atomic E-state index is -0.338. The smallest absolute Gasteiger partial charge is 0.258 e. The average Bonchev–Trinajstić information content (AvgIpc) is 2.82. The zero-order chi connectivity index (χ0) is 21.6. The molecule has 0 spiro atoms. The number of nitrogens with two attached hydrogens (primary N) is 1. The molecule has 0 aliphatic carbocycles. The molecule has 154 valence electrons. The number of amides is 2. The monoisotopic (exact) mass is 410 g/mol. The SMILES string of the molecule is NCc1cccc(C(=O)N(CC(=O)Nc2ccc3ccccc3n2)c2ccccc2)c1. The third-order valence-electron chi connectivity index (χ3n) is 4.89. The van der Waals surface area contributed by atoms with Crippen LogP contribution in [-0.4, -0.2) is 23.3 Å². The van der Waals surface area contributed by atoms with Crippen molar-refractivity contribution < 1.29 is 9.59 Å². The molecule has 0 unspecified atom stereocenters. The number of nitrogens with one attached hydrogen (secondary N) is 1. The largest absolute Gasteiger partial charge is 0.326 e. The number of carbonyl (C=O) groups is 2. The van der Waals surface area contributed by atoms with Gasteiger partial charge in [0.2, 0.25) is 5.91 Å². The number of nitrogens with zero attached hydrogens (tertiary/aromatic N) is 2. The average molecular weight is 410 g/mol. The summed E-state index contributed by atoms with van der Waals surface area (Å²) >= 11 is 0. The minimum absolute atomic E-state index is 0.149. The lowest BCUT2D eigenvalue weighted by atomic mass is 10.1. The first-order valence-electron chi connectivity index (χ1n) is 9.95. The lowest BCUT2D eigenvalue weighted by Gasteiger charge is -2.22. The first kappa shape index (κ1) is 20.3. The zero-order valence-electron chi connectivity index (χ0n) is 16.9. The predicted octanol–water partition coefficient (Wildman–Crippen LogP) is 3.98. The number of carbonyl (C=O) groups excluding carboxylic acids is 2. The number of hydrogen-bond donors (Lipinski definition) is 2. The Morgan fingerprint density at radius 3 is 2.45 bits per heavy atom. The first-order valence-corrected chi connectivity index (χ1v) is 9.95. The third-order valence-corrected chi connectivity index (χ3v) is 4.89. The van der Waals surface area contributed by atoms with Gasteiger partial charge in [0.15, 0.2) is 0 Å². The van der Waals surface area contributed by atoms with Crippen molar-refractivity contribution in [3.05, 3.63) is 102 Å². The Bertz CT molecular complexity index is 1220. The van der Waals surface area contributed by atoms with Crippen molar-refractivity contribution in [3.63, 3.8) is 0 Å². The maximum absolute atomic E-state index is 13.3. The highest BCUT2D eigenvalue weighted by Crippen LogP contribution is 2.19. The number of fused-ring (bicyclic) bond motifs is 1. The maximum Gasteiger partial charge on any atom is 0.258 e. The molecule has 4 rings (SSSR count). The summed E-state index contributed by atoms with van der Waals surface area (Å²) in [5.74, 6) is -0.174. The number of para-hydroxylation sites is 2. The van der Waals surface area contributed by atoms with E-state index in [0.29, 0.717) is 23.6 Å². The van der Waals surface area contributed by atoms with Crippen LogP contribution in [0.1, 0.15) is 15.9 Å². The van der Waals surface area contributed by atoms with Crippen LogP contribution in [0, 0.1) is 0 Å². The topological polar surface area (TPSA) is 88.3 Å². The van der Waals surface area contributed by atoms with E-state index in [1.807, 2.05) is 54.6 Å². The highest BCUT2D eigenvalue weighted by molar-refractivity contribution is 6.10. The third kappa shape index (κ3) is 4.76. The molecule has 31 heavy (non-hydrogen) atoms.